The summed E-state index contributed by atoms with van der Waals surface area (Å²) < 4.78 is 5.13. The molecule has 0 spiro atoms. The molecule has 1 saturated heterocycles. The zero-order chi connectivity index (χ0) is 14.6. The minimum Gasteiger partial charge on any atom is -0.361 e. The highest BCUT2D eigenvalue weighted by molar-refractivity contribution is 5.82. The molecule has 1 aliphatic heterocycles. The van der Waals surface area contributed by atoms with Crippen molar-refractivity contribution in [2.24, 2.45) is 5.41 Å². The van der Waals surface area contributed by atoms with Gasteiger partial charge in [0.15, 0.2) is 0 Å². The fourth-order valence-corrected chi connectivity index (χ4v) is 3.08. The van der Waals surface area contributed by atoms with Gasteiger partial charge in [0, 0.05) is 12.1 Å². The van der Waals surface area contributed by atoms with E-state index in [-0.39, 0.29) is 11.3 Å². The summed E-state index contributed by atoms with van der Waals surface area (Å²) in [5.74, 6) is 0.971. The maximum absolute atomic E-state index is 12.6. The number of hydrogen-bond donors (Lipinski definition) is 2. The van der Waals surface area contributed by atoms with Crippen molar-refractivity contribution in [2.45, 2.75) is 53.0 Å². The highest BCUT2D eigenvalue weighted by atomic mass is 16.5. The number of rotatable bonds is 5. The van der Waals surface area contributed by atoms with Gasteiger partial charge in [0.05, 0.1) is 11.1 Å². The van der Waals surface area contributed by atoms with Crippen LogP contribution in [0, 0.1) is 19.3 Å². The van der Waals surface area contributed by atoms with Crippen molar-refractivity contribution in [2.75, 3.05) is 13.1 Å². The van der Waals surface area contributed by atoms with E-state index in [0.29, 0.717) is 6.54 Å². The van der Waals surface area contributed by atoms with Gasteiger partial charge in [0.1, 0.15) is 5.76 Å². The van der Waals surface area contributed by atoms with Gasteiger partial charge in [-0.05, 0) is 46.2 Å². The summed E-state index contributed by atoms with van der Waals surface area (Å²) in [6, 6.07) is 0. The number of carbonyl (C=O) groups is 1. The molecule has 0 aliphatic carbocycles. The lowest BCUT2D eigenvalue weighted by molar-refractivity contribution is -0.133. The number of amides is 1. The van der Waals surface area contributed by atoms with Gasteiger partial charge in [-0.25, -0.2) is 0 Å². The van der Waals surface area contributed by atoms with E-state index in [1.807, 2.05) is 13.8 Å². The average Bonchev–Trinajstić information content (AvgIpc) is 2.77. The van der Waals surface area contributed by atoms with E-state index in [2.05, 4.69) is 22.7 Å². The van der Waals surface area contributed by atoms with Crippen molar-refractivity contribution in [1.82, 2.24) is 15.8 Å². The Morgan fingerprint density at radius 2 is 2.10 bits per heavy atom. The second kappa shape index (κ2) is 6.39. The summed E-state index contributed by atoms with van der Waals surface area (Å²) in [4.78, 5) is 12.6. The van der Waals surface area contributed by atoms with Gasteiger partial charge < -0.3 is 15.2 Å². The first-order valence-electron chi connectivity index (χ1n) is 7.50. The Kier molecular flexibility index (Phi) is 4.81. The summed E-state index contributed by atoms with van der Waals surface area (Å²) in [7, 11) is 0. The molecule has 5 heteroatoms. The smallest absolute Gasteiger partial charge is 0.226 e. The Morgan fingerprint density at radius 1 is 1.40 bits per heavy atom. The molecule has 0 bridgehead atoms. The van der Waals surface area contributed by atoms with E-state index in [1.165, 1.54) is 0 Å². The van der Waals surface area contributed by atoms with Crippen molar-refractivity contribution < 1.29 is 9.32 Å². The van der Waals surface area contributed by atoms with Crippen LogP contribution in [0.3, 0.4) is 0 Å². The molecule has 1 aromatic rings. The fourth-order valence-electron chi connectivity index (χ4n) is 3.08. The Balaban J connectivity index is 2.02. The summed E-state index contributed by atoms with van der Waals surface area (Å²) in [6.07, 6.45) is 3.85. The van der Waals surface area contributed by atoms with Crippen LogP contribution in [-0.4, -0.2) is 24.2 Å². The highest BCUT2D eigenvalue weighted by Gasteiger charge is 2.38. The molecule has 2 heterocycles. The third-order valence-electron chi connectivity index (χ3n) is 4.38. The van der Waals surface area contributed by atoms with Crippen LogP contribution in [0.2, 0.25) is 0 Å². The number of nitrogens with zero attached hydrogens (tertiary/aromatic N) is 1. The number of piperidine rings is 1. The maximum Gasteiger partial charge on any atom is 0.226 e. The number of aromatic nitrogens is 1. The van der Waals surface area contributed by atoms with Crippen LogP contribution in [0.25, 0.3) is 0 Å². The molecular formula is C15H25N3O2. The van der Waals surface area contributed by atoms with Crippen LogP contribution in [0.4, 0.5) is 0 Å². The van der Waals surface area contributed by atoms with Crippen LogP contribution in [0.5, 0.6) is 0 Å². The topological polar surface area (TPSA) is 67.2 Å². The van der Waals surface area contributed by atoms with Gasteiger partial charge in [0.25, 0.3) is 0 Å². The molecular weight excluding hydrogens is 254 g/mol. The molecule has 0 atom stereocenters. The van der Waals surface area contributed by atoms with E-state index < -0.39 is 0 Å². The Hall–Kier alpha value is -1.36. The van der Waals surface area contributed by atoms with Crippen LogP contribution in [-0.2, 0) is 11.3 Å². The Bertz CT molecular complexity index is 437. The van der Waals surface area contributed by atoms with E-state index >= 15 is 0 Å². The summed E-state index contributed by atoms with van der Waals surface area (Å²) >= 11 is 0. The molecule has 1 aliphatic rings. The average molecular weight is 279 g/mol. The zero-order valence-electron chi connectivity index (χ0n) is 12.7. The highest BCUT2D eigenvalue weighted by Crippen LogP contribution is 2.34. The number of nitrogens with one attached hydrogen (secondary N) is 2. The minimum atomic E-state index is -0.195. The fraction of sp³-hybridized carbons (Fsp3) is 0.733. The third kappa shape index (κ3) is 3.03. The SMILES string of the molecule is CCCC1(C(=O)NCc2c(C)noc2C)CCNCC1. The van der Waals surface area contributed by atoms with E-state index in [0.717, 1.165) is 55.8 Å². The second-order valence-corrected chi connectivity index (χ2v) is 5.77. The van der Waals surface area contributed by atoms with Gasteiger partial charge in [0.2, 0.25) is 5.91 Å². The van der Waals surface area contributed by atoms with Gasteiger partial charge in [-0.1, -0.05) is 18.5 Å². The first kappa shape index (κ1) is 15.0. The molecule has 1 fully saturated rings. The summed E-state index contributed by atoms with van der Waals surface area (Å²) in [5.41, 5.74) is 1.66. The molecule has 2 rings (SSSR count). The molecule has 112 valence electrons. The Morgan fingerprint density at radius 3 is 2.65 bits per heavy atom. The van der Waals surface area contributed by atoms with Crippen molar-refractivity contribution in [1.29, 1.82) is 0 Å². The van der Waals surface area contributed by atoms with Gasteiger partial charge in [-0.2, -0.15) is 0 Å². The van der Waals surface area contributed by atoms with Crippen LogP contribution < -0.4 is 10.6 Å². The largest absolute Gasteiger partial charge is 0.361 e. The van der Waals surface area contributed by atoms with E-state index in [4.69, 9.17) is 4.52 Å². The predicted octanol–water partition coefficient (Wildman–Crippen LogP) is 2.08. The molecule has 0 aromatic carbocycles. The molecule has 1 amide bonds. The molecule has 5 nitrogen and oxygen atoms in total. The summed E-state index contributed by atoms with van der Waals surface area (Å²) in [6.45, 7) is 8.31. The molecule has 0 radical (unpaired) electrons. The van der Waals surface area contributed by atoms with Crippen molar-refractivity contribution in [3.63, 3.8) is 0 Å². The predicted molar refractivity (Wildman–Crippen MR) is 77.3 cm³/mol. The number of aryl methyl sites for hydroxylation is 2. The second-order valence-electron chi connectivity index (χ2n) is 5.77. The van der Waals surface area contributed by atoms with Gasteiger partial charge >= 0.3 is 0 Å². The van der Waals surface area contributed by atoms with Gasteiger partial charge in [-0.15, -0.1) is 0 Å². The van der Waals surface area contributed by atoms with Crippen molar-refractivity contribution in [3.8, 4) is 0 Å². The van der Waals surface area contributed by atoms with Crippen LogP contribution in [0.1, 0.15) is 49.6 Å². The van der Waals surface area contributed by atoms with E-state index in [9.17, 15) is 4.79 Å². The summed E-state index contributed by atoms with van der Waals surface area (Å²) in [5, 5.41) is 10.4. The normalized spacial score (nSPS) is 17.9. The molecule has 0 unspecified atom stereocenters. The first-order valence-corrected chi connectivity index (χ1v) is 7.50. The molecule has 2 N–H and O–H groups in total. The Labute approximate surface area is 120 Å². The standard InChI is InChI=1S/C15H25N3O2/c1-4-5-15(6-8-16-9-7-15)14(19)17-10-13-11(2)18-20-12(13)3/h16H,4-10H2,1-3H3,(H,17,19). The van der Waals surface area contributed by atoms with E-state index in [1.54, 1.807) is 0 Å². The lowest BCUT2D eigenvalue weighted by atomic mass is 9.74. The monoisotopic (exact) mass is 279 g/mol. The zero-order valence-corrected chi connectivity index (χ0v) is 12.7. The minimum absolute atomic E-state index is 0.181. The number of carbonyl (C=O) groups excluding carboxylic acids is 1. The lowest BCUT2D eigenvalue weighted by Crippen LogP contribution is -2.47. The molecule has 0 saturated carbocycles. The van der Waals surface area contributed by atoms with Crippen LogP contribution in [0.15, 0.2) is 4.52 Å². The third-order valence-corrected chi connectivity index (χ3v) is 4.38. The van der Waals surface area contributed by atoms with Gasteiger partial charge in [-0.3, -0.25) is 4.79 Å². The quantitative estimate of drug-likeness (QED) is 0.866. The van der Waals surface area contributed by atoms with Crippen molar-refractivity contribution >= 4 is 5.91 Å². The first-order chi connectivity index (χ1) is 9.59. The lowest BCUT2D eigenvalue weighted by Gasteiger charge is -2.36. The molecule has 1 aromatic heterocycles. The van der Waals surface area contributed by atoms with Crippen LogP contribution >= 0.6 is 0 Å². The number of hydrogen-bond acceptors (Lipinski definition) is 4. The maximum atomic E-state index is 12.6. The van der Waals surface area contributed by atoms with Crippen molar-refractivity contribution in [3.05, 3.63) is 17.0 Å². The molecule has 20 heavy (non-hydrogen) atoms.